The van der Waals surface area contributed by atoms with Gasteiger partial charge >= 0.3 is 11.9 Å². The van der Waals surface area contributed by atoms with Gasteiger partial charge < -0.3 is 9.84 Å². The molecule has 0 saturated heterocycles. The molecule has 1 rings (SSSR count). The Morgan fingerprint density at radius 2 is 2.00 bits per heavy atom. The third kappa shape index (κ3) is 2.70. The van der Waals surface area contributed by atoms with E-state index in [9.17, 15) is 9.59 Å². The number of hydrogen-bond acceptors (Lipinski definition) is 3. The molecule has 0 radical (unpaired) electrons. The average Bonchev–Trinajstić information content (AvgIpc) is 2.08. The standard InChI is InChI=1S/C10H9ClO4/c1-5-3-7(10(13)14)9(8(11)4-5)15-6(2)12/h3-4H,1-2H3,(H,13,14). The number of carboxylic acid groups (broad SMARTS) is 1. The van der Waals surface area contributed by atoms with Crippen molar-refractivity contribution in [3.63, 3.8) is 0 Å². The molecule has 0 aliphatic carbocycles. The number of halogens is 1. The number of carboxylic acids is 1. The molecule has 0 heterocycles. The molecule has 0 fully saturated rings. The molecule has 1 aromatic carbocycles. The van der Waals surface area contributed by atoms with Gasteiger partial charge in [0.25, 0.3) is 0 Å². The van der Waals surface area contributed by atoms with E-state index in [0.29, 0.717) is 5.56 Å². The largest absolute Gasteiger partial charge is 0.478 e. The first-order valence-electron chi connectivity index (χ1n) is 4.13. The zero-order valence-corrected chi connectivity index (χ0v) is 8.96. The third-order valence-electron chi connectivity index (χ3n) is 1.66. The molecule has 4 nitrogen and oxygen atoms in total. The van der Waals surface area contributed by atoms with Gasteiger partial charge in [0.2, 0.25) is 0 Å². The Morgan fingerprint density at radius 1 is 1.40 bits per heavy atom. The van der Waals surface area contributed by atoms with Crippen LogP contribution in [0, 0.1) is 6.92 Å². The van der Waals surface area contributed by atoms with Crippen LogP contribution >= 0.6 is 11.6 Å². The summed E-state index contributed by atoms with van der Waals surface area (Å²) in [7, 11) is 0. The Kier molecular flexibility index (Phi) is 3.31. The minimum Gasteiger partial charge on any atom is -0.478 e. The van der Waals surface area contributed by atoms with Gasteiger partial charge in [0.15, 0.2) is 5.75 Å². The summed E-state index contributed by atoms with van der Waals surface area (Å²) >= 11 is 5.78. The second-order valence-electron chi connectivity index (χ2n) is 3.02. The Balaban J connectivity index is 3.33. The highest BCUT2D eigenvalue weighted by molar-refractivity contribution is 6.32. The van der Waals surface area contributed by atoms with Crippen molar-refractivity contribution >= 4 is 23.5 Å². The van der Waals surface area contributed by atoms with Crippen LogP contribution in [0.25, 0.3) is 0 Å². The van der Waals surface area contributed by atoms with E-state index in [0.717, 1.165) is 0 Å². The van der Waals surface area contributed by atoms with Crippen molar-refractivity contribution in [3.8, 4) is 5.75 Å². The summed E-state index contributed by atoms with van der Waals surface area (Å²) in [5.74, 6) is -1.90. The highest BCUT2D eigenvalue weighted by Crippen LogP contribution is 2.30. The molecule has 80 valence electrons. The Bertz CT molecular complexity index is 426. The van der Waals surface area contributed by atoms with E-state index in [4.69, 9.17) is 21.4 Å². The average molecular weight is 229 g/mol. The van der Waals surface area contributed by atoms with Gasteiger partial charge in [0, 0.05) is 6.92 Å². The number of esters is 1. The smallest absolute Gasteiger partial charge is 0.339 e. The van der Waals surface area contributed by atoms with Crippen molar-refractivity contribution in [2.45, 2.75) is 13.8 Å². The van der Waals surface area contributed by atoms with Crippen LogP contribution in [0.5, 0.6) is 5.75 Å². The van der Waals surface area contributed by atoms with E-state index in [-0.39, 0.29) is 16.3 Å². The minimum absolute atomic E-state index is 0.109. The predicted molar refractivity (Wildman–Crippen MR) is 54.5 cm³/mol. The predicted octanol–water partition coefficient (Wildman–Crippen LogP) is 2.27. The van der Waals surface area contributed by atoms with Crippen LogP contribution in [0.4, 0.5) is 0 Å². The zero-order valence-electron chi connectivity index (χ0n) is 8.20. The summed E-state index contributed by atoms with van der Waals surface area (Å²) in [4.78, 5) is 21.6. The second-order valence-corrected chi connectivity index (χ2v) is 3.43. The lowest BCUT2D eigenvalue weighted by Crippen LogP contribution is -2.08. The maximum atomic E-state index is 10.9. The number of hydrogen-bond donors (Lipinski definition) is 1. The number of ether oxygens (including phenoxy) is 1. The molecular weight excluding hydrogens is 220 g/mol. The Hall–Kier alpha value is -1.55. The summed E-state index contributed by atoms with van der Waals surface area (Å²) in [5, 5.41) is 8.99. The first kappa shape index (κ1) is 11.5. The summed E-state index contributed by atoms with van der Waals surface area (Å²) in [6.07, 6.45) is 0. The lowest BCUT2D eigenvalue weighted by Gasteiger charge is -2.08. The molecule has 0 atom stereocenters. The zero-order chi connectivity index (χ0) is 11.6. The van der Waals surface area contributed by atoms with Crippen LogP contribution in [0.1, 0.15) is 22.8 Å². The van der Waals surface area contributed by atoms with Crippen LogP contribution in [-0.4, -0.2) is 17.0 Å². The highest BCUT2D eigenvalue weighted by Gasteiger charge is 2.17. The molecule has 0 unspecified atom stereocenters. The molecule has 0 aromatic heterocycles. The van der Waals surface area contributed by atoms with E-state index in [1.807, 2.05) is 0 Å². The van der Waals surface area contributed by atoms with Crippen LogP contribution in [0.15, 0.2) is 12.1 Å². The molecule has 1 N–H and O–H groups in total. The monoisotopic (exact) mass is 228 g/mol. The quantitative estimate of drug-likeness (QED) is 0.623. The molecular formula is C10H9ClO4. The summed E-state index contributed by atoms with van der Waals surface area (Å²) in [5.41, 5.74) is 0.573. The fourth-order valence-electron chi connectivity index (χ4n) is 1.14. The maximum absolute atomic E-state index is 10.9. The molecule has 5 heteroatoms. The van der Waals surface area contributed by atoms with Crippen LogP contribution in [0.3, 0.4) is 0 Å². The van der Waals surface area contributed by atoms with E-state index >= 15 is 0 Å². The third-order valence-corrected chi connectivity index (χ3v) is 1.94. The van der Waals surface area contributed by atoms with Crippen LogP contribution < -0.4 is 4.74 Å². The Morgan fingerprint density at radius 3 is 2.47 bits per heavy atom. The van der Waals surface area contributed by atoms with Gasteiger partial charge in [-0.2, -0.15) is 0 Å². The summed E-state index contributed by atoms with van der Waals surface area (Å²) in [6, 6.07) is 2.93. The van der Waals surface area contributed by atoms with Crippen molar-refractivity contribution < 1.29 is 19.4 Å². The number of rotatable bonds is 2. The number of carbonyl (C=O) groups excluding carboxylic acids is 1. The summed E-state index contributed by atoms with van der Waals surface area (Å²) < 4.78 is 4.74. The van der Waals surface area contributed by atoms with E-state index in [1.165, 1.54) is 19.1 Å². The number of aromatic carboxylic acids is 1. The molecule has 0 amide bonds. The first-order chi connectivity index (χ1) is 6.91. The molecule has 0 bridgehead atoms. The van der Waals surface area contributed by atoms with Crippen LogP contribution in [0.2, 0.25) is 5.02 Å². The SMILES string of the molecule is CC(=O)Oc1c(Cl)cc(C)cc1C(=O)O. The first-order valence-corrected chi connectivity index (χ1v) is 4.51. The van der Waals surface area contributed by atoms with Gasteiger partial charge in [-0.15, -0.1) is 0 Å². The molecule has 0 spiro atoms. The molecule has 0 aliphatic rings. The van der Waals surface area contributed by atoms with Crippen molar-refractivity contribution in [1.29, 1.82) is 0 Å². The lowest BCUT2D eigenvalue weighted by molar-refractivity contribution is -0.131. The highest BCUT2D eigenvalue weighted by atomic mass is 35.5. The molecule has 0 saturated carbocycles. The van der Waals surface area contributed by atoms with Crippen LogP contribution in [-0.2, 0) is 4.79 Å². The van der Waals surface area contributed by atoms with E-state index in [2.05, 4.69) is 0 Å². The van der Waals surface area contributed by atoms with Crippen molar-refractivity contribution in [3.05, 3.63) is 28.3 Å². The molecule has 0 aliphatic heterocycles. The fraction of sp³-hybridized carbons (Fsp3) is 0.200. The summed E-state index contributed by atoms with van der Waals surface area (Å²) in [6.45, 7) is 2.89. The fourth-order valence-corrected chi connectivity index (χ4v) is 1.45. The van der Waals surface area contributed by atoms with Gasteiger partial charge in [-0.1, -0.05) is 11.6 Å². The topological polar surface area (TPSA) is 63.6 Å². The van der Waals surface area contributed by atoms with E-state index in [1.54, 1.807) is 6.92 Å². The second kappa shape index (κ2) is 4.31. The van der Waals surface area contributed by atoms with Crippen molar-refractivity contribution in [2.75, 3.05) is 0 Å². The van der Waals surface area contributed by atoms with Gasteiger partial charge in [0.1, 0.15) is 5.56 Å². The van der Waals surface area contributed by atoms with Gasteiger partial charge in [-0.25, -0.2) is 4.79 Å². The van der Waals surface area contributed by atoms with Crippen molar-refractivity contribution in [1.82, 2.24) is 0 Å². The number of carbonyl (C=O) groups is 2. The number of benzene rings is 1. The van der Waals surface area contributed by atoms with Gasteiger partial charge in [-0.05, 0) is 24.6 Å². The molecule has 1 aromatic rings. The van der Waals surface area contributed by atoms with Gasteiger partial charge in [0.05, 0.1) is 5.02 Å². The maximum Gasteiger partial charge on any atom is 0.339 e. The van der Waals surface area contributed by atoms with Crippen molar-refractivity contribution in [2.24, 2.45) is 0 Å². The lowest BCUT2D eigenvalue weighted by atomic mass is 10.1. The van der Waals surface area contributed by atoms with E-state index < -0.39 is 11.9 Å². The minimum atomic E-state index is -1.18. The Labute approximate surface area is 91.4 Å². The molecule has 15 heavy (non-hydrogen) atoms. The van der Waals surface area contributed by atoms with Gasteiger partial charge in [-0.3, -0.25) is 4.79 Å². The number of aryl methyl sites for hydroxylation is 1. The normalized spacial score (nSPS) is 9.80.